The van der Waals surface area contributed by atoms with Gasteiger partial charge in [0.15, 0.2) is 0 Å². The van der Waals surface area contributed by atoms with E-state index in [4.69, 9.17) is 15.2 Å². The monoisotopic (exact) mass is 1260 g/mol. The van der Waals surface area contributed by atoms with Crippen LogP contribution in [0.5, 0.6) is 0 Å². The van der Waals surface area contributed by atoms with Crippen molar-refractivity contribution in [3.8, 4) is 22.3 Å². The van der Waals surface area contributed by atoms with Gasteiger partial charge in [-0.1, -0.05) is 141 Å². The molecule has 10 rings (SSSR count). The Morgan fingerprint density at radius 1 is 0.494 bits per heavy atom. The van der Waals surface area contributed by atoms with Crippen LogP contribution >= 0.6 is 31.9 Å². The lowest BCUT2D eigenvalue weighted by atomic mass is 9.98. The fourth-order valence-corrected chi connectivity index (χ4v) is 10.5. The number of nitrogens with two attached hydrogens (primary N) is 1. The van der Waals surface area contributed by atoms with E-state index in [9.17, 15) is 24.3 Å². The van der Waals surface area contributed by atoms with Gasteiger partial charge >= 0.3 is 17.9 Å². The average molecular weight is 1270 g/mol. The summed E-state index contributed by atoms with van der Waals surface area (Å²) >= 11 is 6.78. The van der Waals surface area contributed by atoms with Crippen LogP contribution in [0.1, 0.15) is 128 Å². The average Bonchev–Trinajstić information content (AvgIpc) is 2.55. The predicted octanol–water partition coefficient (Wildman–Crippen LogP) is 17.2. The molecule has 0 aliphatic heterocycles. The van der Waals surface area contributed by atoms with Crippen LogP contribution in [-0.2, 0) is 35.7 Å². The van der Waals surface area contributed by atoms with Gasteiger partial charge in [0.2, 0.25) is 0 Å². The molecule has 0 saturated heterocycles. The number of hydrogen-bond acceptors (Lipinski definition) is 7. The molecule has 436 valence electrons. The van der Waals surface area contributed by atoms with Crippen LogP contribution in [0.15, 0.2) is 191 Å². The van der Waals surface area contributed by atoms with Gasteiger partial charge in [-0.2, -0.15) is 0 Å². The number of aromatic nitrogens is 2. The van der Waals surface area contributed by atoms with Crippen LogP contribution < -0.4 is 11.1 Å². The zero-order valence-corrected chi connectivity index (χ0v) is 52.9. The first-order chi connectivity index (χ1) is 40.4. The molecule has 0 unspecified atom stereocenters. The first kappa shape index (κ1) is 62.7. The Hall–Kier alpha value is -8.36. The summed E-state index contributed by atoms with van der Waals surface area (Å²) in [6, 6.07) is 58.6. The summed E-state index contributed by atoms with van der Waals surface area (Å²) in [5.41, 5.74) is 21.0. The number of nitrogens with zero attached hydrogens (tertiary/aromatic N) is 2. The Balaban J connectivity index is 0.000000196. The zero-order chi connectivity index (χ0) is 61.3. The van der Waals surface area contributed by atoms with Crippen LogP contribution in [-0.4, -0.2) is 49.3 Å². The number of fused-ring (bicyclic) bond motifs is 2. The lowest BCUT2D eigenvalue weighted by Gasteiger charge is -2.20. The van der Waals surface area contributed by atoms with Crippen molar-refractivity contribution in [2.24, 2.45) is 5.73 Å². The fraction of sp³-hybridized carbons (Fsp3) is 0.222. The molecule has 1 amide bonds. The Labute approximate surface area is 515 Å². The van der Waals surface area contributed by atoms with Gasteiger partial charge in [0.25, 0.3) is 5.91 Å². The van der Waals surface area contributed by atoms with Crippen LogP contribution in [0, 0.1) is 27.7 Å². The minimum absolute atomic E-state index is 0.0909. The predicted molar refractivity (Wildman–Crippen MR) is 349 cm³/mol. The number of ether oxygens (including phenoxy) is 2. The maximum absolute atomic E-state index is 12.9. The highest BCUT2D eigenvalue weighted by Gasteiger charge is 2.23. The molecule has 10 aromatic rings. The van der Waals surface area contributed by atoms with Crippen molar-refractivity contribution < 1.29 is 33.8 Å². The van der Waals surface area contributed by atoms with E-state index in [1.165, 1.54) is 5.56 Å². The normalized spacial score (nSPS) is 11.3. The van der Waals surface area contributed by atoms with Crippen molar-refractivity contribution >= 4 is 77.5 Å². The first-order valence-electron chi connectivity index (χ1n) is 28.1. The lowest BCUT2D eigenvalue weighted by molar-refractivity contribution is 0.00578. The molecule has 13 heteroatoms. The lowest BCUT2D eigenvalue weighted by Crippen LogP contribution is -2.24. The van der Waals surface area contributed by atoms with E-state index < -0.39 is 17.2 Å². The highest BCUT2D eigenvalue weighted by Crippen LogP contribution is 2.32. The summed E-state index contributed by atoms with van der Waals surface area (Å²) in [5.74, 6) is -1.67. The molecule has 0 aliphatic carbocycles. The first-order valence-corrected chi connectivity index (χ1v) is 29.7. The number of carboxylic acid groups (broad SMARTS) is 1. The second-order valence-corrected chi connectivity index (χ2v) is 24.8. The number of aromatic carboxylic acids is 1. The Morgan fingerprint density at radius 2 is 0.871 bits per heavy atom. The molecule has 2 aromatic heterocycles. The molecule has 2 heterocycles. The van der Waals surface area contributed by atoms with E-state index >= 15 is 0 Å². The molecular weight excluding hydrogens is 1190 g/mol. The van der Waals surface area contributed by atoms with Gasteiger partial charge in [-0.25, -0.2) is 14.4 Å². The number of nitrogens with one attached hydrogen (secondary N) is 1. The third kappa shape index (κ3) is 15.9. The number of benzene rings is 8. The molecule has 8 aromatic carbocycles. The zero-order valence-electron chi connectivity index (χ0n) is 49.8. The van der Waals surface area contributed by atoms with Crippen LogP contribution in [0.2, 0.25) is 0 Å². The highest BCUT2D eigenvalue weighted by molar-refractivity contribution is 9.10. The van der Waals surface area contributed by atoms with Crippen molar-refractivity contribution in [3.05, 3.63) is 258 Å². The molecule has 85 heavy (non-hydrogen) atoms. The molecule has 0 radical (unpaired) electrons. The van der Waals surface area contributed by atoms with E-state index in [-0.39, 0.29) is 17.8 Å². The third-order valence-electron chi connectivity index (χ3n) is 14.6. The summed E-state index contributed by atoms with van der Waals surface area (Å²) in [5, 5.41) is 14.4. The van der Waals surface area contributed by atoms with E-state index in [0.29, 0.717) is 48.4 Å². The van der Waals surface area contributed by atoms with Gasteiger partial charge in [0, 0.05) is 73.9 Å². The summed E-state index contributed by atoms with van der Waals surface area (Å²) in [4.78, 5) is 49.9. The van der Waals surface area contributed by atoms with Crippen LogP contribution in [0.4, 0.5) is 0 Å². The van der Waals surface area contributed by atoms with E-state index in [0.717, 1.165) is 92.2 Å². The minimum Gasteiger partial charge on any atom is -0.478 e. The molecule has 0 bridgehead atoms. The van der Waals surface area contributed by atoms with Crippen LogP contribution in [0.25, 0.3) is 44.1 Å². The molecule has 0 aliphatic rings. The number of amides is 1. The van der Waals surface area contributed by atoms with Gasteiger partial charge in [0.05, 0.1) is 16.7 Å². The van der Waals surface area contributed by atoms with Crippen molar-refractivity contribution in [1.82, 2.24) is 14.5 Å². The second kappa shape index (κ2) is 27.1. The standard InChI is InChI=1S/C36H35BrN2O3.C29H29NO4.C7H8BrN/c1-23-24(2)39(33-19-16-28(20-32(23)33)34(40)38-21-25-12-17-29(37)18-13-25)22-26-10-14-27(15-11-26)30-8-6-7-9-31(30)35(41)42-36(3,4)5;1-18-19(2)30(26-15-14-22(27(31)32)16-25(18)26)17-20-10-12-21(13-11-20)23-8-6-7-9-24(23)28(33)34-29(3,4)5;8-7-3-1-6(5-9)2-4-7/h6-20H,21-22H2,1-5H3,(H,38,40);6-16H,17H2,1-5H3,(H,31,32);1-4H,5,9H2. The molecule has 0 atom stereocenters. The van der Waals surface area contributed by atoms with Gasteiger partial charge in [-0.3, -0.25) is 4.79 Å². The Bertz CT molecular complexity index is 4040. The molecule has 4 N–H and O–H groups in total. The quantitative estimate of drug-likeness (QED) is 0.0964. The minimum atomic E-state index is -0.922. The summed E-state index contributed by atoms with van der Waals surface area (Å²) in [6.07, 6.45) is 0. The fourth-order valence-electron chi connectivity index (χ4n) is 9.92. The summed E-state index contributed by atoms with van der Waals surface area (Å²) in [6.45, 7) is 22.0. The smallest absolute Gasteiger partial charge is 0.339 e. The number of halogens is 2. The van der Waals surface area contributed by atoms with Crippen molar-refractivity contribution in [2.75, 3.05) is 0 Å². The van der Waals surface area contributed by atoms with Gasteiger partial charge in [-0.15, -0.1) is 0 Å². The Kier molecular flexibility index (Phi) is 20.0. The molecule has 0 fully saturated rings. The van der Waals surface area contributed by atoms with Crippen LogP contribution in [0.3, 0.4) is 0 Å². The number of carbonyl (C=O) groups excluding carboxylic acids is 3. The molecule has 11 nitrogen and oxygen atoms in total. The van der Waals surface area contributed by atoms with E-state index in [2.05, 4.69) is 103 Å². The number of esters is 2. The van der Waals surface area contributed by atoms with Crippen molar-refractivity contribution in [3.63, 3.8) is 0 Å². The largest absolute Gasteiger partial charge is 0.478 e. The number of hydrogen-bond donors (Lipinski definition) is 3. The van der Waals surface area contributed by atoms with Gasteiger partial charge in [0.1, 0.15) is 11.2 Å². The van der Waals surface area contributed by atoms with E-state index in [1.807, 2.05) is 176 Å². The van der Waals surface area contributed by atoms with Gasteiger partial charge < -0.3 is 34.8 Å². The topological polar surface area (TPSA) is 155 Å². The maximum atomic E-state index is 12.9. The highest BCUT2D eigenvalue weighted by atomic mass is 79.9. The summed E-state index contributed by atoms with van der Waals surface area (Å²) in [7, 11) is 0. The molecule has 0 saturated carbocycles. The van der Waals surface area contributed by atoms with Crippen molar-refractivity contribution in [1.29, 1.82) is 0 Å². The second-order valence-electron chi connectivity index (χ2n) is 23.0. The van der Waals surface area contributed by atoms with Crippen molar-refractivity contribution in [2.45, 2.75) is 107 Å². The number of aryl methyl sites for hydroxylation is 2. The SMILES string of the molecule is Cc1c(C)n(Cc2ccc(-c3ccccc3C(=O)OC(C)(C)C)cc2)c2ccc(C(=O)NCc3ccc(Br)cc3)cc12.Cc1c(C)n(Cc2ccc(-c3ccccc3C(=O)OC(C)(C)C)cc2)c2ccc(C(=O)O)cc12.NCc1ccc(Br)cc1. The van der Waals surface area contributed by atoms with Gasteiger partial charge in [-0.05, 0) is 198 Å². The summed E-state index contributed by atoms with van der Waals surface area (Å²) < 4.78 is 17.8. The Morgan fingerprint density at radius 3 is 1.27 bits per heavy atom. The number of carboxylic acids is 1. The van der Waals surface area contributed by atoms with E-state index in [1.54, 1.807) is 18.2 Å². The molecule has 0 spiro atoms. The maximum Gasteiger partial charge on any atom is 0.339 e. The number of carbonyl (C=O) groups is 4. The third-order valence-corrected chi connectivity index (χ3v) is 15.7. The number of rotatable bonds is 13. The molecular formula is C72H72Br2N4O7.